The van der Waals surface area contributed by atoms with Gasteiger partial charge in [0.2, 0.25) is 0 Å². The van der Waals surface area contributed by atoms with E-state index in [1.54, 1.807) is 0 Å². The molecule has 0 aromatic heterocycles. The van der Waals surface area contributed by atoms with E-state index in [0.717, 1.165) is 19.1 Å². The lowest BCUT2D eigenvalue weighted by Crippen LogP contribution is -2.28. The molecular weight excluding hydrogens is 212 g/mol. The van der Waals surface area contributed by atoms with Gasteiger partial charge in [0.1, 0.15) is 12.1 Å². The minimum absolute atomic E-state index is 0.235. The number of carbonyl (C=O) groups is 2. The molecule has 0 aromatic rings. The van der Waals surface area contributed by atoms with Crippen molar-refractivity contribution >= 4 is 12.1 Å². The van der Waals surface area contributed by atoms with Gasteiger partial charge in [-0.25, -0.2) is 0 Å². The summed E-state index contributed by atoms with van der Waals surface area (Å²) in [5, 5.41) is 0. The maximum Gasteiger partial charge on any atom is 0.143 e. The highest BCUT2D eigenvalue weighted by Crippen LogP contribution is 2.33. The Balaban J connectivity index is 1.87. The number of rotatable bonds is 5. The van der Waals surface area contributed by atoms with Crippen molar-refractivity contribution in [3.05, 3.63) is 0 Å². The van der Waals surface area contributed by atoms with E-state index in [4.69, 9.17) is 0 Å². The van der Waals surface area contributed by atoms with Crippen LogP contribution in [0, 0.1) is 17.8 Å². The molecule has 96 valence electrons. The molecule has 1 atom stereocenters. The van der Waals surface area contributed by atoms with Gasteiger partial charge in [-0.15, -0.1) is 0 Å². The predicted octanol–water partition coefficient (Wildman–Crippen LogP) is 3.53. The fourth-order valence-electron chi connectivity index (χ4n) is 3.58. The van der Waals surface area contributed by atoms with Crippen LogP contribution >= 0.6 is 0 Å². The molecule has 1 unspecified atom stereocenters. The molecule has 0 heterocycles. The second kappa shape index (κ2) is 6.32. The first kappa shape index (κ1) is 12.8. The van der Waals surface area contributed by atoms with E-state index in [1.165, 1.54) is 44.9 Å². The molecule has 0 amide bonds. The van der Waals surface area contributed by atoms with E-state index in [0.29, 0.717) is 18.3 Å². The third-order valence-corrected chi connectivity index (χ3v) is 4.64. The molecule has 0 saturated heterocycles. The topological polar surface area (TPSA) is 34.1 Å². The number of Topliss-reactive ketones (excluding diaryl/α,β-unsaturated/α-hetero) is 1. The summed E-state index contributed by atoms with van der Waals surface area (Å²) < 4.78 is 0. The summed E-state index contributed by atoms with van der Waals surface area (Å²) >= 11 is 0. The minimum Gasteiger partial charge on any atom is -0.303 e. The van der Waals surface area contributed by atoms with E-state index in [9.17, 15) is 9.59 Å². The second-order valence-electron chi connectivity index (χ2n) is 5.88. The van der Waals surface area contributed by atoms with E-state index in [1.807, 2.05) is 0 Å². The average Bonchev–Trinajstić information content (AvgIpc) is 2.84. The molecule has 2 aliphatic carbocycles. The Morgan fingerprint density at radius 1 is 1.00 bits per heavy atom. The maximum absolute atomic E-state index is 12.2. The average molecular weight is 236 g/mol. The van der Waals surface area contributed by atoms with Gasteiger partial charge in [0, 0.05) is 6.42 Å². The maximum atomic E-state index is 12.2. The number of hydrogen-bond donors (Lipinski definition) is 0. The Hall–Kier alpha value is -0.660. The van der Waals surface area contributed by atoms with Crippen molar-refractivity contribution in [1.29, 1.82) is 0 Å². The van der Waals surface area contributed by atoms with E-state index >= 15 is 0 Å². The molecule has 2 aliphatic rings. The lowest BCUT2D eigenvalue weighted by Gasteiger charge is -2.26. The highest BCUT2D eigenvalue weighted by atomic mass is 16.1. The summed E-state index contributed by atoms with van der Waals surface area (Å²) in [6.07, 6.45) is 12.4. The van der Waals surface area contributed by atoms with Gasteiger partial charge < -0.3 is 4.79 Å². The fraction of sp³-hybridized carbons (Fsp3) is 0.867. The van der Waals surface area contributed by atoms with Crippen LogP contribution in [0.3, 0.4) is 0 Å². The van der Waals surface area contributed by atoms with Crippen molar-refractivity contribution in [3.63, 3.8) is 0 Å². The Labute approximate surface area is 104 Å². The first-order chi connectivity index (χ1) is 8.31. The molecular formula is C15H24O2. The fourth-order valence-corrected chi connectivity index (χ4v) is 3.58. The molecule has 0 bridgehead atoms. The largest absolute Gasteiger partial charge is 0.303 e. The standard InChI is InChI=1S/C15H24O2/c16-11-14(13-8-2-1-3-9-13)15(17)10-12-6-4-5-7-12/h11-14H,1-10H2. The molecule has 0 aliphatic heterocycles. The zero-order chi connectivity index (χ0) is 12.1. The van der Waals surface area contributed by atoms with Gasteiger partial charge in [-0.2, -0.15) is 0 Å². The number of aldehydes is 1. The Kier molecular flexibility index (Phi) is 4.75. The van der Waals surface area contributed by atoms with Gasteiger partial charge in [-0.1, -0.05) is 44.9 Å². The van der Waals surface area contributed by atoms with E-state index in [2.05, 4.69) is 0 Å². The zero-order valence-electron chi connectivity index (χ0n) is 10.7. The molecule has 2 rings (SSSR count). The monoisotopic (exact) mass is 236 g/mol. The SMILES string of the molecule is O=CC(C(=O)CC1CCCC1)C1CCCCC1. The molecule has 0 spiro atoms. The van der Waals surface area contributed by atoms with Gasteiger partial charge in [-0.3, -0.25) is 4.79 Å². The molecule has 2 heteroatoms. The summed E-state index contributed by atoms with van der Waals surface area (Å²) in [6.45, 7) is 0. The van der Waals surface area contributed by atoms with Crippen molar-refractivity contribution in [1.82, 2.24) is 0 Å². The Bertz CT molecular complexity index is 260. The smallest absolute Gasteiger partial charge is 0.143 e. The molecule has 0 N–H and O–H groups in total. The summed E-state index contributed by atoms with van der Waals surface area (Å²) in [5.74, 6) is 0.887. The quantitative estimate of drug-likeness (QED) is 0.540. The molecule has 0 aromatic carbocycles. The van der Waals surface area contributed by atoms with Gasteiger partial charge in [0.25, 0.3) is 0 Å². The molecule has 2 saturated carbocycles. The number of carbonyl (C=O) groups excluding carboxylic acids is 2. The van der Waals surface area contributed by atoms with Gasteiger partial charge in [0.15, 0.2) is 0 Å². The van der Waals surface area contributed by atoms with E-state index in [-0.39, 0.29) is 11.7 Å². The van der Waals surface area contributed by atoms with Crippen LogP contribution in [0.25, 0.3) is 0 Å². The molecule has 2 nitrogen and oxygen atoms in total. The van der Waals surface area contributed by atoms with E-state index < -0.39 is 0 Å². The Morgan fingerprint density at radius 2 is 1.59 bits per heavy atom. The van der Waals surface area contributed by atoms with Crippen molar-refractivity contribution in [2.24, 2.45) is 17.8 Å². The molecule has 2 fully saturated rings. The van der Waals surface area contributed by atoms with Gasteiger partial charge >= 0.3 is 0 Å². The lowest BCUT2D eigenvalue weighted by molar-refractivity contribution is -0.130. The first-order valence-corrected chi connectivity index (χ1v) is 7.29. The van der Waals surface area contributed by atoms with Gasteiger partial charge in [0.05, 0.1) is 5.92 Å². The van der Waals surface area contributed by atoms with Crippen LogP contribution < -0.4 is 0 Å². The normalized spacial score (nSPS) is 24.7. The van der Waals surface area contributed by atoms with Crippen LogP contribution in [0.15, 0.2) is 0 Å². The first-order valence-electron chi connectivity index (χ1n) is 7.29. The van der Waals surface area contributed by atoms with Crippen LogP contribution in [0.5, 0.6) is 0 Å². The Morgan fingerprint density at radius 3 is 2.18 bits per heavy atom. The third-order valence-electron chi connectivity index (χ3n) is 4.64. The predicted molar refractivity (Wildman–Crippen MR) is 67.7 cm³/mol. The van der Waals surface area contributed by atoms with Crippen LogP contribution in [-0.4, -0.2) is 12.1 Å². The van der Waals surface area contributed by atoms with Gasteiger partial charge in [-0.05, 0) is 24.7 Å². The second-order valence-corrected chi connectivity index (χ2v) is 5.88. The molecule has 0 radical (unpaired) electrons. The summed E-state index contributed by atoms with van der Waals surface area (Å²) in [4.78, 5) is 23.4. The lowest BCUT2D eigenvalue weighted by atomic mass is 9.77. The van der Waals surface area contributed by atoms with Crippen molar-refractivity contribution in [2.75, 3.05) is 0 Å². The third kappa shape index (κ3) is 3.40. The highest BCUT2D eigenvalue weighted by Gasteiger charge is 2.30. The summed E-state index contributed by atoms with van der Waals surface area (Å²) in [7, 11) is 0. The number of hydrogen-bond acceptors (Lipinski definition) is 2. The van der Waals surface area contributed by atoms with Crippen molar-refractivity contribution < 1.29 is 9.59 Å². The van der Waals surface area contributed by atoms with Crippen molar-refractivity contribution in [3.8, 4) is 0 Å². The zero-order valence-corrected chi connectivity index (χ0v) is 10.7. The number of ketones is 1. The van der Waals surface area contributed by atoms with Crippen LogP contribution in [0.2, 0.25) is 0 Å². The van der Waals surface area contributed by atoms with Crippen LogP contribution in [0.1, 0.15) is 64.2 Å². The minimum atomic E-state index is -0.282. The van der Waals surface area contributed by atoms with Crippen LogP contribution in [0.4, 0.5) is 0 Å². The van der Waals surface area contributed by atoms with Crippen LogP contribution in [-0.2, 0) is 9.59 Å². The van der Waals surface area contributed by atoms with Crippen molar-refractivity contribution in [2.45, 2.75) is 64.2 Å². The highest BCUT2D eigenvalue weighted by molar-refractivity contribution is 5.93. The summed E-state index contributed by atoms with van der Waals surface area (Å²) in [5.41, 5.74) is 0. The summed E-state index contributed by atoms with van der Waals surface area (Å²) in [6, 6.07) is 0. The molecule has 17 heavy (non-hydrogen) atoms.